The molecule has 3 aromatic rings. The van der Waals surface area contributed by atoms with Gasteiger partial charge in [0.1, 0.15) is 18.3 Å². The molecule has 144 valence electrons. The van der Waals surface area contributed by atoms with E-state index in [4.69, 9.17) is 11.6 Å². The molecule has 1 unspecified atom stereocenters. The van der Waals surface area contributed by atoms with Crippen molar-refractivity contribution < 1.29 is 4.58 Å². The fourth-order valence-corrected chi connectivity index (χ4v) is 5.97. The monoisotopic (exact) mass is 399 g/mol. The average molecular weight is 400 g/mol. The van der Waals surface area contributed by atoms with Crippen LogP contribution in [0.1, 0.15) is 54.0 Å². The molecule has 3 aromatic carbocycles. The number of halogens is 1. The minimum Gasteiger partial charge on any atom is -0.266 e. The van der Waals surface area contributed by atoms with E-state index in [0.29, 0.717) is 0 Å². The van der Waals surface area contributed by atoms with Crippen molar-refractivity contribution >= 4 is 23.1 Å². The Hall–Kier alpha value is -2.58. The smallest absolute Gasteiger partial charge is 0.261 e. The van der Waals surface area contributed by atoms with Gasteiger partial charge in [0.2, 0.25) is 0 Å². The lowest BCUT2D eigenvalue weighted by Crippen LogP contribution is -2.54. The van der Waals surface area contributed by atoms with Crippen LogP contribution in [0.4, 0.5) is 5.69 Å². The van der Waals surface area contributed by atoms with Crippen molar-refractivity contribution in [1.29, 1.82) is 0 Å². The van der Waals surface area contributed by atoms with Crippen LogP contribution in [-0.2, 0) is 12.0 Å². The predicted molar refractivity (Wildman–Crippen MR) is 118 cm³/mol. The van der Waals surface area contributed by atoms with E-state index < -0.39 is 0 Å². The molecule has 2 aliphatic heterocycles. The van der Waals surface area contributed by atoms with Crippen LogP contribution in [0.25, 0.3) is 0 Å². The van der Waals surface area contributed by atoms with E-state index in [1.165, 1.54) is 59.5 Å². The Morgan fingerprint density at radius 2 is 1.66 bits per heavy atom. The lowest BCUT2D eigenvalue weighted by atomic mass is 9.72. The van der Waals surface area contributed by atoms with Gasteiger partial charge >= 0.3 is 0 Å². The highest BCUT2D eigenvalue weighted by atomic mass is 35.5. The van der Waals surface area contributed by atoms with Crippen LogP contribution >= 0.6 is 11.6 Å². The van der Waals surface area contributed by atoms with Crippen molar-refractivity contribution in [3.63, 3.8) is 0 Å². The molecule has 1 spiro atoms. The van der Waals surface area contributed by atoms with Gasteiger partial charge in [0.15, 0.2) is 0 Å². The van der Waals surface area contributed by atoms with Gasteiger partial charge in [-0.3, -0.25) is 5.32 Å². The van der Waals surface area contributed by atoms with Gasteiger partial charge in [0.05, 0.1) is 5.41 Å². The third-order valence-electron chi connectivity index (χ3n) is 7.05. The second-order valence-electron chi connectivity index (χ2n) is 8.57. The van der Waals surface area contributed by atoms with Crippen molar-refractivity contribution in [1.82, 2.24) is 5.32 Å². The molecular formula is C26H24ClN2+. The van der Waals surface area contributed by atoms with Crippen molar-refractivity contribution in [2.45, 2.75) is 43.7 Å². The zero-order valence-corrected chi connectivity index (χ0v) is 17.1. The lowest BCUT2D eigenvalue weighted by Gasteiger charge is -2.40. The van der Waals surface area contributed by atoms with Crippen LogP contribution in [0.2, 0.25) is 5.02 Å². The van der Waals surface area contributed by atoms with E-state index in [1.807, 2.05) is 6.07 Å². The van der Waals surface area contributed by atoms with E-state index in [9.17, 15) is 0 Å². The molecule has 1 aliphatic carbocycles. The van der Waals surface area contributed by atoms with Crippen molar-refractivity contribution in [2.75, 3.05) is 0 Å². The highest BCUT2D eigenvalue weighted by molar-refractivity contribution is 6.30. The van der Waals surface area contributed by atoms with E-state index in [2.05, 4.69) is 76.6 Å². The zero-order valence-electron chi connectivity index (χ0n) is 16.4. The van der Waals surface area contributed by atoms with Crippen LogP contribution < -0.4 is 5.32 Å². The van der Waals surface area contributed by atoms with E-state index >= 15 is 0 Å². The first-order valence-electron chi connectivity index (χ1n) is 10.6. The van der Waals surface area contributed by atoms with Gasteiger partial charge < -0.3 is 0 Å². The maximum absolute atomic E-state index is 6.45. The van der Waals surface area contributed by atoms with Gasteiger partial charge in [-0.15, -0.1) is 0 Å². The number of benzene rings is 3. The third kappa shape index (κ3) is 2.52. The highest BCUT2D eigenvalue weighted by Crippen LogP contribution is 2.49. The minimum atomic E-state index is 0.0964. The molecule has 3 heteroatoms. The normalized spacial score (nSPS) is 21.3. The summed E-state index contributed by atoms with van der Waals surface area (Å²) in [6, 6.07) is 26.3. The molecule has 1 N–H and O–H groups in total. The summed E-state index contributed by atoms with van der Waals surface area (Å²) in [7, 11) is 0. The first-order valence-corrected chi connectivity index (χ1v) is 11.0. The summed E-state index contributed by atoms with van der Waals surface area (Å²) in [6.07, 6.45) is 5.01. The van der Waals surface area contributed by atoms with E-state index in [0.717, 1.165) is 11.6 Å². The molecule has 0 saturated heterocycles. The van der Waals surface area contributed by atoms with Gasteiger partial charge in [0, 0.05) is 16.1 Å². The van der Waals surface area contributed by atoms with Crippen molar-refractivity contribution in [2.24, 2.45) is 0 Å². The molecule has 1 atom stereocenters. The maximum Gasteiger partial charge on any atom is 0.261 e. The summed E-state index contributed by atoms with van der Waals surface area (Å²) in [5.74, 6) is 1.39. The third-order valence-corrected chi connectivity index (χ3v) is 7.28. The zero-order chi connectivity index (χ0) is 19.4. The van der Waals surface area contributed by atoms with Crippen LogP contribution in [-0.4, -0.2) is 10.4 Å². The molecular weight excluding hydrogens is 376 g/mol. The Labute approximate surface area is 176 Å². The number of hydrogen-bond acceptors (Lipinski definition) is 1. The molecule has 0 bridgehead atoms. The topological polar surface area (TPSA) is 15.0 Å². The van der Waals surface area contributed by atoms with Crippen molar-refractivity contribution in [3.05, 3.63) is 100 Å². The minimum absolute atomic E-state index is 0.0964. The molecule has 0 radical (unpaired) electrons. The van der Waals surface area contributed by atoms with Gasteiger partial charge in [0.25, 0.3) is 5.84 Å². The van der Waals surface area contributed by atoms with Gasteiger partial charge in [-0.1, -0.05) is 79.0 Å². The van der Waals surface area contributed by atoms with Gasteiger partial charge in [-0.05, 0) is 42.2 Å². The van der Waals surface area contributed by atoms with Gasteiger partial charge in [-0.25, -0.2) is 4.58 Å². The molecule has 6 rings (SSSR count). The molecule has 3 aliphatic rings. The molecule has 0 amide bonds. The molecule has 1 fully saturated rings. The largest absolute Gasteiger partial charge is 0.266 e. The number of nitrogens with zero attached hydrogens (tertiary/aromatic N) is 1. The number of amidine groups is 1. The number of hydrogen-bond donors (Lipinski definition) is 1. The standard InChI is InChI=1S/C26H23ClN2/c27-20-12-13-23-21(16-20)24(18-8-2-1-3-9-18)28-25-26(14-6-7-15-26)22-11-5-4-10-19(22)17-29(23)25/h1-5,8-13,16,24H,6-7,14-15,17H2/p+1. The number of fused-ring (bicyclic) bond motifs is 5. The Bertz CT molecular complexity index is 1130. The molecule has 0 aromatic heterocycles. The number of rotatable bonds is 1. The van der Waals surface area contributed by atoms with E-state index in [-0.39, 0.29) is 11.5 Å². The van der Waals surface area contributed by atoms with Crippen LogP contribution in [0, 0.1) is 0 Å². The first-order chi connectivity index (χ1) is 14.3. The second-order valence-corrected chi connectivity index (χ2v) is 9.01. The first kappa shape index (κ1) is 17.3. The Kier molecular flexibility index (Phi) is 3.86. The summed E-state index contributed by atoms with van der Waals surface area (Å²) in [4.78, 5) is 0. The van der Waals surface area contributed by atoms with E-state index in [1.54, 1.807) is 0 Å². The molecule has 1 saturated carbocycles. The summed E-state index contributed by atoms with van der Waals surface area (Å²) in [5.41, 5.74) is 6.92. The fraction of sp³-hybridized carbons (Fsp3) is 0.269. The average Bonchev–Trinajstić information content (AvgIpc) is 3.24. The highest BCUT2D eigenvalue weighted by Gasteiger charge is 2.52. The Balaban J connectivity index is 1.61. The molecule has 2 nitrogen and oxygen atoms in total. The molecule has 29 heavy (non-hydrogen) atoms. The quantitative estimate of drug-likeness (QED) is 0.488. The predicted octanol–water partition coefficient (Wildman–Crippen LogP) is 6.10. The summed E-state index contributed by atoms with van der Waals surface area (Å²) in [5, 5.41) is 4.81. The second kappa shape index (κ2) is 6.47. The van der Waals surface area contributed by atoms with Crippen molar-refractivity contribution in [3.8, 4) is 0 Å². The van der Waals surface area contributed by atoms with Crippen LogP contribution in [0.5, 0.6) is 0 Å². The summed E-state index contributed by atoms with van der Waals surface area (Å²) < 4.78 is 2.53. The summed E-state index contributed by atoms with van der Waals surface area (Å²) in [6.45, 7) is 0.913. The maximum atomic E-state index is 6.45. The Morgan fingerprint density at radius 3 is 2.48 bits per heavy atom. The fourth-order valence-electron chi connectivity index (χ4n) is 5.79. The molecule has 2 heterocycles. The van der Waals surface area contributed by atoms with Gasteiger partial charge in [-0.2, -0.15) is 0 Å². The summed E-state index contributed by atoms with van der Waals surface area (Å²) >= 11 is 6.45. The Morgan fingerprint density at radius 1 is 0.897 bits per heavy atom. The lowest BCUT2D eigenvalue weighted by molar-refractivity contribution is -0.469. The van der Waals surface area contributed by atoms with Crippen LogP contribution in [0.15, 0.2) is 72.8 Å². The SMILES string of the molecule is Clc1ccc2c(c1)C(c1ccccc1)NC1=[N+]2Cc2ccccc2C12CCCC2. The number of nitrogens with one attached hydrogen (secondary N) is 1. The van der Waals surface area contributed by atoms with Crippen LogP contribution in [0.3, 0.4) is 0 Å².